The predicted molar refractivity (Wildman–Crippen MR) is 129 cm³/mol. The summed E-state index contributed by atoms with van der Waals surface area (Å²) < 4.78 is 12.3. The molecule has 0 saturated heterocycles. The molecule has 0 aromatic heterocycles. The molecule has 0 spiro atoms. The average Bonchev–Trinajstić information content (AvgIpc) is 2.81. The van der Waals surface area contributed by atoms with Gasteiger partial charge in [-0.2, -0.15) is 0 Å². The van der Waals surface area contributed by atoms with E-state index in [-0.39, 0.29) is 30.9 Å². The van der Waals surface area contributed by atoms with Crippen LogP contribution in [-0.4, -0.2) is 25.5 Å². The number of benzene rings is 2. The Morgan fingerprint density at radius 3 is 2.28 bits per heavy atom. The van der Waals surface area contributed by atoms with Gasteiger partial charge in [-0.15, -0.1) is 0 Å². The molecule has 1 amide bonds. The molecular formula is C26H32BrNO4. The number of aryl methyl sites for hydroxylation is 2. The van der Waals surface area contributed by atoms with Crippen LogP contribution in [0.2, 0.25) is 0 Å². The van der Waals surface area contributed by atoms with Gasteiger partial charge in [-0.3, -0.25) is 9.59 Å². The molecule has 1 unspecified atom stereocenters. The number of hydrogen-bond donors (Lipinski definition) is 1. The van der Waals surface area contributed by atoms with Crippen LogP contribution < -0.4 is 10.1 Å². The van der Waals surface area contributed by atoms with Crippen molar-refractivity contribution in [2.75, 3.05) is 13.7 Å². The molecule has 0 aliphatic heterocycles. The highest BCUT2D eigenvalue weighted by Crippen LogP contribution is 2.39. The van der Waals surface area contributed by atoms with Crippen LogP contribution in [0.4, 0.5) is 0 Å². The van der Waals surface area contributed by atoms with E-state index in [1.54, 1.807) is 0 Å². The van der Waals surface area contributed by atoms with Gasteiger partial charge in [0, 0.05) is 22.5 Å². The third-order valence-corrected chi connectivity index (χ3v) is 7.35. The van der Waals surface area contributed by atoms with Crippen molar-refractivity contribution < 1.29 is 19.1 Å². The minimum atomic E-state index is -0.341. The van der Waals surface area contributed by atoms with Gasteiger partial charge in [0.2, 0.25) is 0 Å². The molecule has 32 heavy (non-hydrogen) atoms. The van der Waals surface area contributed by atoms with E-state index < -0.39 is 0 Å². The van der Waals surface area contributed by atoms with Gasteiger partial charge in [-0.05, 0) is 67.6 Å². The highest BCUT2D eigenvalue weighted by molar-refractivity contribution is 9.10. The van der Waals surface area contributed by atoms with Gasteiger partial charge < -0.3 is 14.8 Å². The fraction of sp³-hybridized carbons (Fsp3) is 0.462. The Labute approximate surface area is 199 Å². The second kappa shape index (κ2) is 11.5. The standard InChI is InChI=1S/C26H32BrNO4/c1-17-15-22(16-18(2)24(17)27)32-25(19-7-5-4-6-8-19)20-9-11-21(12-10-20)26(30)28-14-13-23(29)31-3/h9-12,15-16,19,25H,4-8,13-14H2,1-3H3,(H,28,30). The Morgan fingerprint density at radius 1 is 1.06 bits per heavy atom. The summed E-state index contributed by atoms with van der Waals surface area (Å²) in [6, 6.07) is 11.8. The first-order chi connectivity index (χ1) is 15.4. The molecule has 0 radical (unpaired) electrons. The van der Waals surface area contributed by atoms with Crippen LogP contribution >= 0.6 is 15.9 Å². The number of methoxy groups -OCH3 is 1. The van der Waals surface area contributed by atoms with Gasteiger partial charge in [0.05, 0.1) is 13.5 Å². The van der Waals surface area contributed by atoms with Crippen LogP contribution in [-0.2, 0) is 9.53 Å². The van der Waals surface area contributed by atoms with Crippen LogP contribution in [0.3, 0.4) is 0 Å². The highest BCUT2D eigenvalue weighted by atomic mass is 79.9. The first-order valence-corrected chi connectivity index (χ1v) is 12.1. The highest BCUT2D eigenvalue weighted by Gasteiger charge is 2.27. The number of carbonyl (C=O) groups is 2. The molecule has 1 aliphatic rings. The lowest BCUT2D eigenvalue weighted by Gasteiger charge is -2.31. The molecule has 172 valence electrons. The van der Waals surface area contributed by atoms with Crippen molar-refractivity contribution in [3.63, 3.8) is 0 Å². The Hall–Kier alpha value is -2.34. The maximum absolute atomic E-state index is 12.4. The lowest BCUT2D eigenvalue weighted by molar-refractivity contribution is -0.140. The lowest BCUT2D eigenvalue weighted by Crippen LogP contribution is -2.26. The van der Waals surface area contributed by atoms with Crippen molar-refractivity contribution in [2.45, 2.75) is 58.5 Å². The van der Waals surface area contributed by atoms with E-state index in [0.717, 1.165) is 39.8 Å². The summed E-state index contributed by atoms with van der Waals surface area (Å²) in [5, 5.41) is 2.76. The fourth-order valence-electron chi connectivity index (χ4n) is 4.30. The zero-order valence-corrected chi connectivity index (χ0v) is 20.7. The number of nitrogens with one attached hydrogen (secondary N) is 1. The Bertz CT molecular complexity index is 912. The van der Waals surface area contributed by atoms with Crippen molar-refractivity contribution >= 4 is 27.8 Å². The lowest BCUT2D eigenvalue weighted by atomic mass is 9.82. The Kier molecular flexibility index (Phi) is 8.74. The van der Waals surface area contributed by atoms with Crippen LogP contribution in [0.25, 0.3) is 0 Å². The van der Waals surface area contributed by atoms with Crippen molar-refractivity contribution in [3.8, 4) is 5.75 Å². The molecule has 1 saturated carbocycles. The molecule has 2 aromatic rings. The number of carbonyl (C=O) groups excluding carboxylic acids is 2. The van der Waals surface area contributed by atoms with Gasteiger partial charge in [0.1, 0.15) is 11.9 Å². The van der Waals surface area contributed by atoms with E-state index in [1.807, 2.05) is 24.3 Å². The molecule has 0 heterocycles. The summed E-state index contributed by atoms with van der Waals surface area (Å²) >= 11 is 3.63. The molecular weight excluding hydrogens is 470 g/mol. The van der Waals surface area contributed by atoms with E-state index in [2.05, 4.69) is 52.0 Å². The summed E-state index contributed by atoms with van der Waals surface area (Å²) in [6.07, 6.45) is 6.14. The van der Waals surface area contributed by atoms with Crippen molar-refractivity contribution in [2.24, 2.45) is 5.92 Å². The molecule has 0 bridgehead atoms. The Morgan fingerprint density at radius 2 is 1.69 bits per heavy atom. The molecule has 1 atom stereocenters. The maximum Gasteiger partial charge on any atom is 0.307 e. The average molecular weight is 502 g/mol. The summed E-state index contributed by atoms with van der Waals surface area (Å²) in [5.41, 5.74) is 3.96. The minimum absolute atomic E-state index is 0.0493. The second-order valence-corrected chi connectivity index (χ2v) is 9.30. The number of hydrogen-bond acceptors (Lipinski definition) is 4. The number of halogens is 1. The number of rotatable bonds is 8. The largest absolute Gasteiger partial charge is 0.485 e. The fourth-order valence-corrected chi connectivity index (χ4v) is 4.53. The van der Waals surface area contributed by atoms with E-state index in [9.17, 15) is 9.59 Å². The molecule has 1 aliphatic carbocycles. The quantitative estimate of drug-likeness (QED) is 0.446. The monoisotopic (exact) mass is 501 g/mol. The first kappa shape index (κ1) is 24.3. The van der Waals surface area contributed by atoms with Crippen molar-refractivity contribution in [1.29, 1.82) is 0 Å². The second-order valence-electron chi connectivity index (χ2n) is 8.51. The third-order valence-electron chi connectivity index (χ3n) is 6.09. The number of amides is 1. The van der Waals surface area contributed by atoms with Crippen LogP contribution in [0.15, 0.2) is 40.9 Å². The van der Waals surface area contributed by atoms with Gasteiger partial charge in [-0.25, -0.2) is 0 Å². The molecule has 1 N–H and O–H groups in total. The van der Waals surface area contributed by atoms with Crippen LogP contribution in [0.5, 0.6) is 5.75 Å². The van der Waals surface area contributed by atoms with Crippen LogP contribution in [0, 0.1) is 19.8 Å². The summed E-state index contributed by atoms with van der Waals surface area (Å²) in [6.45, 7) is 4.41. The topological polar surface area (TPSA) is 64.6 Å². The van der Waals surface area contributed by atoms with Gasteiger partial charge in [0.25, 0.3) is 5.91 Å². The van der Waals surface area contributed by atoms with Crippen molar-refractivity contribution in [1.82, 2.24) is 5.32 Å². The molecule has 5 nitrogen and oxygen atoms in total. The number of ether oxygens (including phenoxy) is 2. The van der Waals surface area contributed by atoms with Gasteiger partial charge in [0.15, 0.2) is 0 Å². The predicted octanol–water partition coefficient (Wildman–Crippen LogP) is 6.06. The smallest absolute Gasteiger partial charge is 0.307 e. The molecule has 3 rings (SSSR count). The van der Waals surface area contributed by atoms with E-state index in [0.29, 0.717) is 11.5 Å². The van der Waals surface area contributed by atoms with E-state index in [1.165, 1.54) is 26.4 Å². The minimum Gasteiger partial charge on any atom is -0.485 e. The van der Waals surface area contributed by atoms with Crippen molar-refractivity contribution in [3.05, 3.63) is 63.1 Å². The number of esters is 1. The molecule has 2 aromatic carbocycles. The zero-order valence-electron chi connectivity index (χ0n) is 19.1. The Balaban J connectivity index is 1.76. The third kappa shape index (κ3) is 6.35. The van der Waals surface area contributed by atoms with Gasteiger partial charge in [-0.1, -0.05) is 47.3 Å². The normalized spacial score (nSPS) is 15.1. The van der Waals surface area contributed by atoms with Gasteiger partial charge >= 0.3 is 5.97 Å². The van der Waals surface area contributed by atoms with E-state index in [4.69, 9.17) is 4.74 Å². The SMILES string of the molecule is COC(=O)CCNC(=O)c1ccc(C(Oc2cc(C)c(Br)c(C)c2)C2CCCCC2)cc1. The summed E-state index contributed by atoms with van der Waals surface area (Å²) in [4.78, 5) is 23.6. The van der Waals surface area contributed by atoms with E-state index >= 15 is 0 Å². The maximum atomic E-state index is 12.4. The van der Waals surface area contributed by atoms with Crippen LogP contribution in [0.1, 0.15) is 71.7 Å². The molecule has 1 fully saturated rings. The zero-order chi connectivity index (χ0) is 23.1. The summed E-state index contributed by atoms with van der Waals surface area (Å²) in [7, 11) is 1.34. The summed E-state index contributed by atoms with van der Waals surface area (Å²) in [5.74, 6) is 0.789. The first-order valence-electron chi connectivity index (χ1n) is 11.3. The molecule has 6 heteroatoms.